The van der Waals surface area contributed by atoms with Crippen LogP contribution >= 0.6 is 0 Å². The second kappa shape index (κ2) is 8.75. The molecule has 0 aliphatic heterocycles. The molecule has 3 aromatic rings. The van der Waals surface area contributed by atoms with Gasteiger partial charge in [-0.2, -0.15) is 0 Å². The second-order valence-electron chi connectivity index (χ2n) is 5.59. The molecule has 0 radical (unpaired) electrons. The third kappa shape index (κ3) is 4.78. The molecule has 6 nitrogen and oxygen atoms in total. The van der Waals surface area contributed by atoms with Crippen molar-refractivity contribution in [2.24, 2.45) is 0 Å². The summed E-state index contributed by atoms with van der Waals surface area (Å²) in [6.45, 7) is 2.50. The van der Waals surface area contributed by atoms with Crippen molar-refractivity contribution in [2.45, 2.75) is 13.5 Å². The van der Waals surface area contributed by atoms with Crippen LogP contribution in [0.15, 0.2) is 60.8 Å². The van der Waals surface area contributed by atoms with Crippen LogP contribution in [0, 0.1) is 5.82 Å². The number of carbonyl (C=O) groups is 1. The summed E-state index contributed by atoms with van der Waals surface area (Å²) in [6, 6.07) is 15.2. The van der Waals surface area contributed by atoms with Crippen molar-refractivity contribution in [3.8, 4) is 5.75 Å². The number of rotatable bonds is 7. The molecule has 27 heavy (non-hydrogen) atoms. The third-order valence-electron chi connectivity index (χ3n) is 3.72. The van der Waals surface area contributed by atoms with Crippen molar-refractivity contribution < 1.29 is 13.9 Å². The summed E-state index contributed by atoms with van der Waals surface area (Å²) < 4.78 is 19.2. The molecule has 0 aliphatic rings. The summed E-state index contributed by atoms with van der Waals surface area (Å²) in [6.07, 6.45) is 1.48. The van der Waals surface area contributed by atoms with Crippen LogP contribution in [-0.2, 0) is 6.54 Å². The highest BCUT2D eigenvalue weighted by atomic mass is 19.1. The molecule has 2 aromatic carbocycles. The zero-order chi connectivity index (χ0) is 19.1. The highest BCUT2D eigenvalue weighted by Gasteiger charge is 2.11. The van der Waals surface area contributed by atoms with Crippen LogP contribution in [0.25, 0.3) is 0 Å². The number of benzene rings is 2. The molecule has 0 spiro atoms. The molecule has 7 heteroatoms. The van der Waals surface area contributed by atoms with E-state index in [0.717, 1.165) is 0 Å². The summed E-state index contributed by atoms with van der Waals surface area (Å²) in [5, 5.41) is 5.71. The molecule has 2 N–H and O–H groups in total. The fourth-order valence-electron chi connectivity index (χ4n) is 2.42. The number of nitrogens with one attached hydrogen (secondary N) is 2. The maximum atomic E-state index is 13.7. The van der Waals surface area contributed by atoms with E-state index in [1.165, 1.54) is 18.3 Å². The number of aromatic nitrogens is 2. The van der Waals surface area contributed by atoms with Gasteiger partial charge in [-0.25, -0.2) is 14.4 Å². The average Bonchev–Trinajstić information content (AvgIpc) is 2.69. The Labute approximate surface area is 156 Å². The highest BCUT2D eigenvalue weighted by molar-refractivity contribution is 5.92. The molecule has 0 aliphatic carbocycles. The predicted molar refractivity (Wildman–Crippen MR) is 100 cm³/mol. The molecular weight excluding hydrogens is 347 g/mol. The minimum atomic E-state index is -0.415. The van der Waals surface area contributed by atoms with Gasteiger partial charge in [0.2, 0.25) is 5.95 Å². The molecule has 0 unspecified atom stereocenters. The number of halogens is 1. The molecule has 0 bridgehead atoms. The van der Waals surface area contributed by atoms with E-state index in [1.807, 2.05) is 31.2 Å². The lowest BCUT2D eigenvalue weighted by Crippen LogP contribution is -2.24. The molecule has 0 atom stereocenters. The van der Waals surface area contributed by atoms with Crippen LogP contribution < -0.4 is 15.4 Å². The fourth-order valence-corrected chi connectivity index (χ4v) is 2.42. The molecule has 0 saturated carbocycles. The number of hydrogen-bond donors (Lipinski definition) is 2. The zero-order valence-electron chi connectivity index (χ0n) is 14.8. The Morgan fingerprint density at radius 3 is 2.70 bits per heavy atom. The van der Waals surface area contributed by atoms with Crippen LogP contribution in [0.4, 0.5) is 16.0 Å². The first-order valence-corrected chi connectivity index (χ1v) is 8.51. The van der Waals surface area contributed by atoms with Gasteiger partial charge < -0.3 is 15.4 Å². The average molecular weight is 366 g/mol. The molecule has 3 rings (SSSR count). The van der Waals surface area contributed by atoms with E-state index in [0.29, 0.717) is 23.6 Å². The first kappa shape index (κ1) is 18.3. The normalized spacial score (nSPS) is 10.3. The highest BCUT2D eigenvalue weighted by Crippen LogP contribution is 2.25. The lowest BCUT2D eigenvalue weighted by atomic mass is 10.2. The first-order valence-electron chi connectivity index (χ1n) is 8.51. The van der Waals surface area contributed by atoms with Gasteiger partial charge in [-0.15, -0.1) is 0 Å². The monoisotopic (exact) mass is 366 g/mol. The Bertz CT molecular complexity index is 933. The third-order valence-corrected chi connectivity index (χ3v) is 3.72. The molecular formula is C20H19FN4O2. The number of ether oxygens (including phenoxy) is 1. The van der Waals surface area contributed by atoms with Gasteiger partial charge in [0.15, 0.2) is 0 Å². The van der Waals surface area contributed by atoms with Crippen LogP contribution in [-0.4, -0.2) is 22.5 Å². The molecule has 1 aromatic heterocycles. The van der Waals surface area contributed by atoms with Gasteiger partial charge >= 0.3 is 0 Å². The maximum Gasteiger partial charge on any atom is 0.270 e. The Balaban J connectivity index is 1.70. The quantitative estimate of drug-likeness (QED) is 0.667. The van der Waals surface area contributed by atoms with E-state index in [9.17, 15) is 9.18 Å². The smallest absolute Gasteiger partial charge is 0.270 e. The van der Waals surface area contributed by atoms with Crippen LogP contribution in [0.5, 0.6) is 5.75 Å². The molecule has 1 amide bonds. The standard InChI is InChI=1S/C20H19FN4O2/c1-2-27-18-10-6-5-9-16(18)24-20-22-12-11-17(25-20)19(26)23-13-14-7-3-4-8-15(14)21/h3-12H,2,13H2,1H3,(H,23,26)(H,22,24,25). The minimum Gasteiger partial charge on any atom is -0.492 e. The Hall–Kier alpha value is -3.48. The van der Waals surface area contributed by atoms with Crippen LogP contribution in [0.1, 0.15) is 23.0 Å². The number of para-hydroxylation sites is 2. The van der Waals surface area contributed by atoms with Crippen molar-refractivity contribution in [1.82, 2.24) is 15.3 Å². The van der Waals surface area contributed by atoms with E-state index >= 15 is 0 Å². The van der Waals surface area contributed by atoms with E-state index in [4.69, 9.17) is 4.74 Å². The topological polar surface area (TPSA) is 76.1 Å². The van der Waals surface area contributed by atoms with E-state index < -0.39 is 5.91 Å². The van der Waals surface area contributed by atoms with Gasteiger partial charge in [0.05, 0.1) is 12.3 Å². The van der Waals surface area contributed by atoms with Gasteiger partial charge in [-0.05, 0) is 31.2 Å². The summed E-state index contributed by atoms with van der Waals surface area (Å²) in [7, 11) is 0. The van der Waals surface area contributed by atoms with E-state index in [2.05, 4.69) is 20.6 Å². The summed E-state index contributed by atoms with van der Waals surface area (Å²) >= 11 is 0. The Morgan fingerprint density at radius 1 is 1.11 bits per heavy atom. The van der Waals surface area contributed by atoms with Crippen molar-refractivity contribution in [2.75, 3.05) is 11.9 Å². The van der Waals surface area contributed by atoms with E-state index in [1.54, 1.807) is 18.2 Å². The second-order valence-corrected chi connectivity index (χ2v) is 5.59. The summed E-state index contributed by atoms with van der Waals surface area (Å²) in [5.41, 5.74) is 1.28. The zero-order valence-corrected chi connectivity index (χ0v) is 14.8. The van der Waals surface area contributed by atoms with Crippen molar-refractivity contribution in [1.29, 1.82) is 0 Å². The molecule has 1 heterocycles. The van der Waals surface area contributed by atoms with Gasteiger partial charge in [-0.3, -0.25) is 4.79 Å². The molecule has 0 saturated heterocycles. The lowest BCUT2D eigenvalue weighted by Gasteiger charge is -2.11. The Morgan fingerprint density at radius 2 is 1.89 bits per heavy atom. The lowest BCUT2D eigenvalue weighted by molar-refractivity contribution is 0.0945. The van der Waals surface area contributed by atoms with Crippen molar-refractivity contribution in [3.63, 3.8) is 0 Å². The van der Waals surface area contributed by atoms with Gasteiger partial charge in [0, 0.05) is 18.3 Å². The molecule has 0 fully saturated rings. The summed E-state index contributed by atoms with van der Waals surface area (Å²) in [4.78, 5) is 20.7. The SMILES string of the molecule is CCOc1ccccc1Nc1nccc(C(=O)NCc2ccccc2F)n1. The van der Waals surface area contributed by atoms with E-state index in [-0.39, 0.29) is 24.0 Å². The van der Waals surface area contributed by atoms with Gasteiger partial charge in [0.1, 0.15) is 17.3 Å². The number of nitrogens with zero attached hydrogens (tertiary/aromatic N) is 2. The van der Waals surface area contributed by atoms with Crippen LogP contribution in [0.2, 0.25) is 0 Å². The van der Waals surface area contributed by atoms with Crippen LogP contribution in [0.3, 0.4) is 0 Å². The summed E-state index contributed by atoms with van der Waals surface area (Å²) in [5.74, 6) is 0.149. The molecule has 138 valence electrons. The largest absolute Gasteiger partial charge is 0.492 e. The minimum absolute atomic E-state index is 0.0748. The number of anilines is 2. The Kier molecular flexibility index (Phi) is 5.94. The number of hydrogen-bond acceptors (Lipinski definition) is 5. The number of carbonyl (C=O) groups excluding carboxylic acids is 1. The maximum absolute atomic E-state index is 13.7. The first-order chi connectivity index (χ1) is 13.2. The van der Waals surface area contributed by atoms with Crippen molar-refractivity contribution in [3.05, 3.63) is 77.9 Å². The fraction of sp³-hybridized carbons (Fsp3) is 0.150. The van der Waals surface area contributed by atoms with Gasteiger partial charge in [-0.1, -0.05) is 30.3 Å². The van der Waals surface area contributed by atoms with Crippen molar-refractivity contribution >= 4 is 17.5 Å². The predicted octanol–water partition coefficient (Wildman–Crippen LogP) is 3.69. The van der Waals surface area contributed by atoms with Gasteiger partial charge in [0.25, 0.3) is 5.91 Å². The number of amides is 1.